The predicted octanol–water partition coefficient (Wildman–Crippen LogP) is 5.49. The van der Waals surface area contributed by atoms with Crippen molar-refractivity contribution in [2.75, 3.05) is 6.54 Å². The summed E-state index contributed by atoms with van der Waals surface area (Å²) in [6.07, 6.45) is 1.11. The molecule has 0 saturated heterocycles. The molecule has 0 aliphatic heterocycles. The Labute approximate surface area is 148 Å². The van der Waals surface area contributed by atoms with E-state index in [0.29, 0.717) is 16.7 Å². The molecule has 0 heterocycles. The van der Waals surface area contributed by atoms with Gasteiger partial charge in [0.1, 0.15) is 12.4 Å². The molecule has 2 aromatic carbocycles. The summed E-state index contributed by atoms with van der Waals surface area (Å²) in [6, 6.07) is 13.5. The van der Waals surface area contributed by atoms with E-state index in [2.05, 4.69) is 18.3 Å². The maximum atomic E-state index is 6.16. The van der Waals surface area contributed by atoms with E-state index in [1.165, 1.54) is 0 Å². The van der Waals surface area contributed by atoms with Gasteiger partial charge in [-0.05, 0) is 31.2 Å². The number of halogens is 3. The molecule has 0 bridgehead atoms. The largest absolute Gasteiger partial charge is 0.489 e. The zero-order valence-electron chi connectivity index (χ0n) is 12.4. The van der Waals surface area contributed by atoms with Gasteiger partial charge in [-0.2, -0.15) is 0 Å². The molecule has 120 valence electrons. The summed E-state index contributed by atoms with van der Waals surface area (Å²) in [5, 5.41) is 4.65. The van der Waals surface area contributed by atoms with Crippen LogP contribution < -0.4 is 10.1 Å². The number of hydrogen-bond acceptors (Lipinski definition) is 2. The van der Waals surface area contributed by atoms with Crippen LogP contribution in [0.2, 0.25) is 10.0 Å². The number of ether oxygens (including phenoxy) is 1. The molecule has 22 heavy (non-hydrogen) atoms. The van der Waals surface area contributed by atoms with Crippen LogP contribution in [0.4, 0.5) is 0 Å². The quantitative estimate of drug-likeness (QED) is 0.659. The summed E-state index contributed by atoms with van der Waals surface area (Å²) in [5.74, 6) is 0.882. The van der Waals surface area contributed by atoms with Crippen LogP contribution >= 0.6 is 35.6 Å². The molecular weight excluding hydrogens is 341 g/mol. The molecule has 0 aliphatic rings. The maximum Gasteiger partial charge on any atom is 0.124 e. The first-order valence-electron chi connectivity index (χ1n) is 7.06. The summed E-state index contributed by atoms with van der Waals surface area (Å²) < 4.78 is 5.91. The number of nitrogens with one attached hydrogen (secondary N) is 1. The van der Waals surface area contributed by atoms with Gasteiger partial charge in [-0.15, -0.1) is 12.4 Å². The van der Waals surface area contributed by atoms with Crippen molar-refractivity contribution in [3.8, 4) is 5.75 Å². The highest BCUT2D eigenvalue weighted by atomic mass is 35.5. The van der Waals surface area contributed by atoms with Crippen LogP contribution in [-0.4, -0.2) is 6.54 Å². The fourth-order valence-electron chi connectivity index (χ4n) is 1.98. The maximum absolute atomic E-state index is 6.16. The van der Waals surface area contributed by atoms with Crippen LogP contribution in [0.5, 0.6) is 5.75 Å². The molecule has 2 rings (SSSR count). The molecule has 0 amide bonds. The van der Waals surface area contributed by atoms with Crippen molar-refractivity contribution in [1.29, 1.82) is 0 Å². The van der Waals surface area contributed by atoms with E-state index in [1.54, 1.807) is 6.07 Å². The number of rotatable bonds is 7. The van der Waals surface area contributed by atoms with Crippen molar-refractivity contribution < 1.29 is 4.74 Å². The number of para-hydroxylation sites is 1. The van der Waals surface area contributed by atoms with Gasteiger partial charge in [0.25, 0.3) is 0 Å². The van der Waals surface area contributed by atoms with Gasteiger partial charge >= 0.3 is 0 Å². The van der Waals surface area contributed by atoms with Gasteiger partial charge in [0.05, 0.1) is 0 Å². The van der Waals surface area contributed by atoms with Crippen LogP contribution in [0.3, 0.4) is 0 Å². The lowest BCUT2D eigenvalue weighted by Gasteiger charge is -2.13. The van der Waals surface area contributed by atoms with Crippen molar-refractivity contribution in [2.45, 2.75) is 26.5 Å². The van der Waals surface area contributed by atoms with Gasteiger partial charge in [0, 0.05) is 27.7 Å². The van der Waals surface area contributed by atoms with Gasteiger partial charge in [0.15, 0.2) is 0 Å². The Bertz CT molecular complexity index is 590. The van der Waals surface area contributed by atoms with E-state index >= 15 is 0 Å². The zero-order valence-corrected chi connectivity index (χ0v) is 14.8. The second-order valence-electron chi connectivity index (χ2n) is 4.81. The Hall–Kier alpha value is -0.930. The number of hydrogen-bond donors (Lipinski definition) is 1. The smallest absolute Gasteiger partial charge is 0.124 e. The van der Waals surface area contributed by atoms with E-state index in [9.17, 15) is 0 Å². The molecule has 2 nitrogen and oxygen atoms in total. The fourth-order valence-corrected chi connectivity index (χ4v) is 2.45. The van der Waals surface area contributed by atoms with Gasteiger partial charge < -0.3 is 10.1 Å². The Balaban J connectivity index is 0.00000242. The van der Waals surface area contributed by atoms with Crippen LogP contribution in [0.1, 0.15) is 24.5 Å². The second-order valence-corrected chi connectivity index (χ2v) is 5.65. The van der Waals surface area contributed by atoms with Crippen molar-refractivity contribution in [3.05, 3.63) is 63.6 Å². The minimum atomic E-state index is 0. The summed E-state index contributed by atoms with van der Waals surface area (Å²) in [7, 11) is 0. The normalized spacial score (nSPS) is 10.1. The molecule has 0 atom stereocenters. The zero-order chi connectivity index (χ0) is 15.1. The van der Waals surface area contributed by atoms with E-state index < -0.39 is 0 Å². The first-order chi connectivity index (χ1) is 10.2. The third-order valence-electron chi connectivity index (χ3n) is 3.11. The molecule has 5 heteroatoms. The van der Waals surface area contributed by atoms with Crippen LogP contribution in [0.25, 0.3) is 0 Å². The molecule has 0 spiro atoms. The van der Waals surface area contributed by atoms with Crippen LogP contribution in [0.15, 0.2) is 42.5 Å². The first kappa shape index (κ1) is 19.1. The Morgan fingerprint density at radius 3 is 2.55 bits per heavy atom. The third-order valence-corrected chi connectivity index (χ3v) is 3.70. The van der Waals surface area contributed by atoms with Crippen molar-refractivity contribution in [3.63, 3.8) is 0 Å². The van der Waals surface area contributed by atoms with Crippen molar-refractivity contribution >= 4 is 35.6 Å². The molecule has 0 aliphatic carbocycles. The number of benzene rings is 2. The minimum absolute atomic E-state index is 0. The monoisotopic (exact) mass is 359 g/mol. The average molecular weight is 361 g/mol. The Morgan fingerprint density at radius 2 is 1.82 bits per heavy atom. The molecule has 0 saturated carbocycles. The summed E-state index contributed by atoms with van der Waals surface area (Å²) in [4.78, 5) is 0. The summed E-state index contributed by atoms with van der Waals surface area (Å²) in [6.45, 7) is 4.38. The van der Waals surface area contributed by atoms with Gasteiger partial charge in [0.2, 0.25) is 0 Å². The topological polar surface area (TPSA) is 21.3 Å². The lowest BCUT2D eigenvalue weighted by molar-refractivity contribution is 0.302. The van der Waals surface area contributed by atoms with Crippen molar-refractivity contribution in [1.82, 2.24) is 5.32 Å². The van der Waals surface area contributed by atoms with Gasteiger partial charge in [-0.1, -0.05) is 54.4 Å². The van der Waals surface area contributed by atoms with Gasteiger partial charge in [-0.3, -0.25) is 0 Å². The lowest BCUT2D eigenvalue weighted by atomic mass is 10.2. The Kier molecular flexibility index (Phi) is 8.66. The standard InChI is InChI=1S/C17H19Cl2NO.ClH/c1-2-9-20-11-13-5-3-4-6-17(13)21-12-14-7-8-15(18)10-16(14)19;/h3-8,10,20H,2,9,11-12H2,1H3;1H. The first-order valence-corrected chi connectivity index (χ1v) is 7.81. The Morgan fingerprint density at radius 1 is 1.05 bits per heavy atom. The van der Waals surface area contributed by atoms with E-state index in [4.69, 9.17) is 27.9 Å². The van der Waals surface area contributed by atoms with E-state index in [1.807, 2.05) is 30.3 Å². The predicted molar refractivity (Wildman–Crippen MR) is 96.5 cm³/mol. The van der Waals surface area contributed by atoms with Crippen molar-refractivity contribution in [2.24, 2.45) is 0 Å². The highest BCUT2D eigenvalue weighted by Crippen LogP contribution is 2.24. The molecule has 2 aromatic rings. The molecule has 1 N–H and O–H groups in total. The van der Waals surface area contributed by atoms with Crippen LogP contribution in [0, 0.1) is 0 Å². The minimum Gasteiger partial charge on any atom is -0.489 e. The third kappa shape index (κ3) is 5.69. The average Bonchev–Trinajstić information content (AvgIpc) is 2.48. The molecule has 0 radical (unpaired) electrons. The highest BCUT2D eigenvalue weighted by molar-refractivity contribution is 6.35. The van der Waals surface area contributed by atoms with Crippen LogP contribution in [-0.2, 0) is 13.2 Å². The van der Waals surface area contributed by atoms with E-state index in [-0.39, 0.29) is 12.4 Å². The molecular formula is C17H20Cl3NO. The molecule has 0 aromatic heterocycles. The summed E-state index contributed by atoms with van der Waals surface area (Å²) in [5.41, 5.74) is 2.08. The van der Waals surface area contributed by atoms with Gasteiger partial charge in [-0.25, -0.2) is 0 Å². The molecule has 0 unspecified atom stereocenters. The SMILES string of the molecule is CCCNCc1ccccc1OCc1ccc(Cl)cc1Cl.Cl. The fraction of sp³-hybridized carbons (Fsp3) is 0.294. The lowest BCUT2D eigenvalue weighted by Crippen LogP contribution is -2.14. The van der Waals surface area contributed by atoms with E-state index in [0.717, 1.165) is 36.4 Å². The molecule has 0 fully saturated rings. The highest BCUT2D eigenvalue weighted by Gasteiger charge is 2.05. The summed E-state index contributed by atoms with van der Waals surface area (Å²) >= 11 is 12.1. The second kappa shape index (κ2) is 9.96.